The van der Waals surface area contributed by atoms with Gasteiger partial charge in [0.05, 0.1) is 12.8 Å². The van der Waals surface area contributed by atoms with E-state index in [4.69, 9.17) is 22.7 Å². The number of hydrogen-bond donors (Lipinski definition) is 2. The Morgan fingerprint density at radius 3 is 2.82 bits per heavy atom. The fourth-order valence-electron chi connectivity index (χ4n) is 3.23. The molecule has 0 bridgehead atoms. The zero-order chi connectivity index (χ0) is 20.1. The largest absolute Gasteiger partial charge is 0.491 e. The molecule has 0 aliphatic carbocycles. The number of aromatic nitrogens is 1. The second kappa shape index (κ2) is 8.89. The number of nitrogens with two attached hydrogens (primary N) is 1. The first-order valence-corrected chi connectivity index (χ1v) is 9.76. The molecule has 2 aromatic carbocycles. The van der Waals surface area contributed by atoms with Gasteiger partial charge in [-0.25, -0.2) is 0 Å². The van der Waals surface area contributed by atoms with Crippen molar-refractivity contribution in [1.29, 1.82) is 0 Å². The fraction of sp³-hybridized carbons (Fsp3) is 0.273. The second-order valence-corrected chi connectivity index (χ2v) is 7.51. The highest BCUT2D eigenvalue weighted by molar-refractivity contribution is 7.80. The molecule has 0 saturated carbocycles. The minimum atomic E-state index is 0.146. The summed E-state index contributed by atoms with van der Waals surface area (Å²) < 4.78 is 8.34. The molecule has 3 N–H and O–H groups in total. The minimum Gasteiger partial charge on any atom is -0.491 e. The quantitative estimate of drug-likeness (QED) is 0.356. The number of fused-ring (bicyclic) bond motifs is 1. The molecule has 0 radical (unpaired) electrons. The van der Waals surface area contributed by atoms with Gasteiger partial charge in [0, 0.05) is 22.7 Å². The van der Waals surface area contributed by atoms with Crippen LogP contribution in [-0.4, -0.2) is 22.5 Å². The zero-order valence-corrected chi connectivity index (χ0v) is 17.3. The first-order chi connectivity index (χ1) is 13.5. The Morgan fingerprint density at radius 1 is 1.29 bits per heavy atom. The van der Waals surface area contributed by atoms with Gasteiger partial charge in [-0.05, 0) is 48.3 Å². The number of benzene rings is 2. The number of aryl methyl sites for hydroxylation is 1. The highest BCUT2D eigenvalue weighted by atomic mass is 32.1. The highest BCUT2D eigenvalue weighted by Gasteiger charge is 2.10. The van der Waals surface area contributed by atoms with Gasteiger partial charge in [-0.15, -0.1) is 0 Å². The monoisotopic (exact) mass is 394 g/mol. The predicted octanol–water partition coefficient (Wildman–Crippen LogP) is 4.32. The molecular formula is C22H26N4OS. The van der Waals surface area contributed by atoms with Crippen molar-refractivity contribution >= 4 is 34.4 Å². The van der Waals surface area contributed by atoms with Crippen LogP contribution in [0.15, 0.2) is 53.8 Å². The van der Waals surface area contributed by atoms with Crippen LogP contribution in [0.25, 0.3) is 10.9 Å². The van der Waals surface area contributed by atoms with E-state index in [-0.39, 0.29) is 5.11 Å². The first kappa shape index (κ1) is 19.9. The van der Waals surface area contributed by atoms with Crippen molar-refractivity contribution < 1.29 is 4.74 Å². The molecule has 6 heteroatoms. The third-order valence-corrected chi connectivity index (χ3v) is 4.67. The van der Waals surface area contributed by atoms with Crippen LogP contribution in [0.1, 0.15) is 36.5 Å². The first-order valence-electron chi connectivity index (χ1n) is 9.35. The Balaban J connectivity index is 1.77. The van der Waals surface area contributed by atoms with E-state index in [1.54, 1.807) is 6.21 Å². The molecule has 3 rings (SSSR count). The Kier molecular flexibility index (Phi) is 6.31. The molecule has 0 aliphatic heterocycles. The van der Waals surface area contributed by atoms with Crippen molar-refractivity contribution in [1.82, 2.24) is 9.99 Å². The van der Waals surface area contributed by atoms with Crippen molar-refractivity contribution in [3.63, 3.8) is 0 Å². The van der Waals surface area contributed by atoms with Crippen LogP contribution in [0.3, 0.4) is 0 Å². The Labute approximate surface area is 171 Å². The summed E-state index contributed by atoms with van der Waals surface area (Å²) in [7, 11) is 0. The number of hydrogen-bond acceptors (Lipinski definition) is 3. The van der Waals surface area contributed by atoms with Crippen LogP contribution in [0.5, 0.6) is 5.75 Å². The van der Waals surface area contributed by atoms with E-state index < -0.39 is 0 Å². The van der Waals surface area contributed by atoms with Crippen molar-refractivity contribution in [3.05, 3.63) is 65.4 Å². The van der Waals surface area contributed by atoms with Crippen LogP contribution in [0.4, 0.5) is 0 Å². The summed E-state index contributed by atoms with van der Waals surface area (Å²) in [5.74, 6) is 1.39. The molecular weight excluding hydrogens is 368 g/mol. The van der Waals surface area contributed by atoms with Crippen molar-refractivity contribution in [3.8, 4) is 5.75 Å². The third kappa shape index (κ3) is 4.70. The zero-order valence-electron chi connectivity index (χ0n) is 16.5. The molecule has 1 heterocycles. The third-order valence-electron chi connectivity index (χ3n) is 4.58. The number of rotatable bonds is 7. The van der Waals surface area contributed by atoms with E-state index in [0.717, 1.165) is 28.8 Å². The standard InChI is InChI=1S/C22H26N4OS/c1-15(2)18-9-8-16(3)12-21(18)27-11-10-26-14-17(13-24-25-22(23)28)19-6-4-5-7-20(19)26/h4-9,12-15H,10-11H2,1-3H3,(H3,23,25,28)/b24-13-. The van der Waals surface area contributed by atoms with Crippen LogP contribution in [0, 0.1) is 6.92 Å². The van der Waals surface area contributed by atoms with Gasteiger partial charge in [0.15, 0.2) is 5.11 Å². The Morgan fingerprint density at radius 2 is 2.07 bits per heavy atom. The van der Waals surface area contributed by atoms with Gasteiger partial charge in [-0.2, -0.15) is 5.10 Å². The van der Waals surface area contributed by atoms with E-state index in [0.29, 0.717) is 12.5 Å². The molecule has 3 aromatic rings. The smallest absolute Gasteiger partial charge is 0.184 e. The average Bonchev–Trinajstić information content (AvgIpc) is 2.99. The van der Waals surface area contributed by atoms with E-state index in [1.807, 2.05) is 12.1 Å². The van der Waals surface area contributed by atoms with Crippen LogP contribution in [0.2, 0.25) is 0 Å². The lowest BCUT2D eigenvalue weighted by Gasteiger charge is -2.15. The van der Waals surface area contributed by atoms with Crippen molar-refractivity contribution in [2.75, 3.05) is 6.61 Å². The summed E-state index contributed by atoms with van der Waals surface area (Å²) in [5.41, 5.74) is 12.6. The number of thiocarbonyl (C=S) groups is 1. The number of hydrazone groups is 1. The molecule has 5 nitrogen and oxygen atoms in total. The molecule has 146 valence electrons. The Hall–Kier alpha value is -2.86. The molecule has 0 fully saturated rings. The van der Waals surface area contributed by atoms with Crippen LogP contribution >= 0.6 is 12.2 Å². The maximum atomic E-state index is 6.15. The van der Waals surface area contributed by atoms with Gasteiger partial charge in [0.2, 0.25) is 0 Å². The molecule has 0 atom stereocenters. The van der Waals surface area contributed by atoms with Gasteiger partial charge in [-0.3, -0.25) is 5.43 Å². The topological polar surface area (TPSA) is 64.6 Å². The van der Waals surface area contributed by atoms with Crippen molar-refractivity contribution in [2.24, 2.45) is 10.8 Å². The number of ether oxygens (including phenoxy) is 1. The molecule has 0 spiro atoms. The summed E-state index contributed by atoms with van der Waals surface area (Å²) in [6.07, 6.45) is 3.80. The lowest BCUT2D eigenvalue weighted by atomic mass is 10.0. The normalized spacial score (nSPS) is 11.4. The Bertz CT molecular complexity index is 1010. The fourth-order valence-corrected chi connectivity index (χ4v) is 3.28. The maximum absolute atomic E-state index is 6.15. The number of para-hydroxylation sites is 1. The predicted molar refractivity (Wildman–Crippen MR) is 120 cm³/mol. The minimum absolute atomic E-state index is 0.146. The number of nitrogens with zero attached hydrogens (tertiary/aromatic N) is 2. The molecule has 28 heavy (non-hydrogen) atoms. The molecule has 0 aliphatic rings. The SMILES string of the molecule is Cc1ccc(C(C)C)c(OCCn2cc(/C=N\NC(N)=S)c3ccccc32)c1. The van der Waals surface area contributed by atoms with E-state index in [2.05, 4.69) is 72.4 Å². The second-order valence-electron chi connectivity index (χ2n) is 7.07. The maximum Gasteiger partial charge on any atom is 0.184 e. The summed E-state index contributed by atoms with van der Waals surface area (Å²) >= 11 is 4.78. The highest BCUT2D eigenvalue weighted by Crippen LogP contribution is 2.27. The molecule has 0 amide bonds. The van der Waals surface area contributed by atoms with Crippen molar-refractivity contribution in [2.45, 2.75) is 33.2 Å². The van der Waals surface area contributed by atoms with Gasteiger partial charge in [0.25, 0.3) is 0 Å². The molecule has 0 saturated heterocycles. The number of nitrogens with one attached hydrogen (secondary N) is 1. The molecule has 1 aromatic heterocycles. The van der Waals surface area contributed by atoms with Gasteiger partial charge < -0.3 is 15.0 Å². The van der Waals surface area contributed by atoms with E-state index >= 15 is 0 Å². The summed E-state index contributed by atoms with van der Waals surface area (Å²) in [6.45, 7) is 7.78. The lowest BCUT2D eigenvalue weighted by molar-refractivity contribution is 0.296. The van der Waals surface area contributed by atoms with Crippen LogP contribution in [-0.2, 0) is 6.54 Å². The van der Waals surface area contributed by atoms with Crippen LogP contribution < -0.4 is 15.9 Å². The van der Waals surface area contributed by atoms with E-state index in [9.17, 15) is 0 Å². The van der Waals surface area contributed by atoms with Gasteiger partial charge in [0.1, 0.15) is 12.4 Å². The summed E-state index contributed by atoms with van der Waals surface area (Å²) in [6, 6.07) is 14.6. The lowest BCUT2D eigenvalue weighted by Crippen LogP contribution is -2.23. The van der Waals surface area contributed by atoms with E-state index in [1.165, 1.54) is 11.1 Å². The average molecular weight is 395 g/mol. The molecule has 0 unspecified atom stereocenters. The van der Waals surface area contributed by atoms with Gasteiger partial charge in [-0.1, -0.05) is 44.2 Å². The summed E-state index contributed by atoms with van der Waals surface area (Å²) in [4.78, 5) is 0. The van der Waals surface area contributed by atoms with Gasteiger partial charge >= 0.3 is 0 Å². The summed E-state index contributed by atoms with van der Waals surface area (Å²) in [5, 5.41) is 5.35.